The van der Waals surface area contributed by atoms with E-state index in [-0.39, 0.29) is 10.9 Å². The van der Waals surface area contributed by atoms with Crippen LogP contribution in [-0.4, -0.2) is 30.4 Å². The van der Waals surface area contributed by atoms with E-state index in [2.05, 4.69) is 0 Å². The topological polar surface area (TPSA) is 20.3 Å². The van der Waals surface area contributed by atoms with E-state index in [1.807, 2.05) is 0 Å². The maximum atomic E-state index is 13.5. The van der Waals surface area contributed by atoms with Gasteiger partial charge >= 0.3 is 0 Å². The average molecular weight is 227 g/mol. The van der Waals surface area contributed by atoms with Crippen molar-refractivity contribution >= 4 is 16.9 Å². The van der Waals surface area contributed by atoms with Gasteiger partial charge < -0.3 is 0 Å². The van der Waals surface area contributed by atoms with Gasteiger partial charge in [0.15, 0.2) is 0 Å². The Bertz CT molecular complexity index is 354. The number of carbonyl (C=O) groups excluding carboxylic acids is 1. The summed E-state index contributed by atoms with van der Waals surface area (Å²) in [5, 5.41) is -0.0508. The number of halogens is 1. The molecule has 1 aromatic carbocycles. The maximum Gasteiger partial charge on any atom is 0.210 e. The Morgan fingerprint density at radius 3 is 2.47 bits per heavy atom. The van der Waals surface area contributed by atoms with Crippen LogP contribution in [-0.2, 0) is 4.79 Å². The van der Waals surface area contributed by atoms with E-state index in [9.17, 15) is 9.18 Å². The van der Waals surface area contributed by atoms with Crippen molar-refractivity contribution in [1.29, 1.82) is 0 Å². The van der Waals surface area contributed by atoms with Crippen LogP contribution < -0.4 is 0 Å². The van der Waals surface area contributed by atoms with Crippen LogP contribution in [0.3, 0.4) is 0 Å². The van der Waals surface area contributed by atoms with Gasteiger partial charge in [0.2, 0.25) is 5.12 Å². The van der Waals surface area contributed by atoms with Crippen molar-refractivity contribution in [2.75, 3.05) is 20.4 Å². The fourth-order valence-electron chi connectivity index (χ4n) is 1.42. The van der Waals surface area contributed by atoms with Gasteiger partial charge in [0, 0.05) is 5.56 Å². The van der Waals surface area contributed by atoms with E-state index >= 15 is 0 Å². The van der Waals surface area contributed by atoms with Crippen LogP contribution in [0, 0.1) is 5.82 Å². The van der Waals surface area contributed by atoms with Gasteiger partial charge in [-0.3, -0.25) is 9.69 Å². The highest BCUT2D eigenvalue weighted by Crippen LogP contribution is 2.25. The second-order valence-electron chi connectivity index (χ2n) is 3.41. The maximum absolute atomic E-state index is 13.5. The molecule has 0 N–H and O–H groups in total. The van der Waals surface area contributed by atoms with Gasteiger partial charge in [0.25, 0.3) is 0 Å². The monoisotopic (exact) mass is 227 g/mol. The molecule has 1 unspecified atom stereocenters. The van der Waals surface area contributed by atoms with Crippen molar-refractivity contribution in [2.45, 2.75) is 6.04 Å². The third kappa shape index (κ3) is 2.79. The molecule has 0 fully saturated rings. The Balaban J connectivity index is 3.10. The van der Waals surface area contributed by atoms with Gasteiger partial charge in [-0.15, -0.1) is 0 Å². The number of hydrogen-bond acceptors (Lipinski definition) is 3. The molecule has 0 aromatic heterocycles. The van der Waals surface area contributed by atoms with Crippen molar-refractivity contribution in [1.82, 2.24) is 4.90 Å². The van der Waals surface area contributed by atoms with Gasteiger partial charge in [0.1, 0.15) is 11.9 Å². The van der Waals surface area contributed by atoms with E-state index in [0.717, 1.165) is 11.8 Å². The highest BCUT2D eigenvalue weighted by molar-refractivity contribution is 8.13. The molecular weight excluding hydrogens is 213 g/mol. The second-order valence-corrected chi connectivity index (χ2v) is 4.22. The van der Waals surface area contributed by atoms with E-state index < -0.39 is 6.04 Å². The van der Waals surface area contributed by atoms with Crippen LogP contribution in [0.5, 0.6) is 0 Å². The van der Waals surface area contributed by atoms with Gasteiger partial charge in [-0.2, -0.15) is 0 Å². The summed E-state index contributed by atoms with van der Waals surface area (Å²) >= 11 is 1.12. The fourth-order valence-corrected chi connectivity index (χ4v) is 1.99. The molecule has 4 heteroatoms. The summed E-state index contributed by atoms with van der Waals surface area (Å²) in [6, 6.07) is 5.87. The van der Waals surface area contributed by atoms with E-state index in [1.54, 1.807) is 43.5 Å². The zero-order valence-corrected chi connectivity index (χ0v) is 9.84. The number of carbonyl (C=O) groups is 1. The lowest BCUT2D eigenvalue weighted by atomic mass is 10.1. The molecule has 0 aliphatic carbocycles. The van der Waals surface area contributed by atoms with Crippen molar-refractivity contribution in [3.05, 3.63) is 35.6 Å². The fraction of sp³-hybridized carbons (Fsp3) is 0.364. The SMILES string of the molecule is CSC(=O)C(c1ccccc1F)N(C)C. The molecule has 0 aliphatic rings. The number of likely N-dealkylation sites (N-methyl/N-ethyl adjacent to an activating group) is 1. The molecule has 82 valence electrons. The number of benzene rings is 1. The molecule has 0 heterocycles. The Labute approximate surface area is 93.5 Å². The average Bonchev–Trinajstić information content (AvgIpc) is 2.20. The molecule has 0 saturated heterocycles. The molecule has 1 rings (SSSR count). The Kier molecular flexibility index (Phi) is 4.29. The quantitative estimate of drug-likeness (QED) is 0.790. The highest BCUT2D eigenvalue weighted by Gasteiger charge is 2.24. The molecular formula is C11H14FNOS. The van der Waals surface area contributed by atoms with Crippen molar-refractivity contribution in [2.24, 2.45) is 0 Å². The van der Waals surface area contributed by atoms with Crippen LogP contribution in [0.1, 0.15) is 11.6 Å². The summed E-state index contributed by atoms with van der Waals surface area (Å²) in [7, 11) is 3.54. The molecule has 1 atom stereocenters. The summed E-state index contributed by atoms with van der Waals surface area (Å²) in [6.07, 6.45) is 1.71. The van der Waals surface area contributed by atoms with Gasteiger partial charge in [-0.1, -0.05) is 30.0 Å². The number of hydrogen-bond donors (Lipinski definition) is 0. The third-order valence-electron chi connectivity index (χ3n) is 2.14. The number of rotatable bonds is 3. The van der Waals surface area contributed by atoms with Gasteiger partial charge in [-0.25, -0.2) is 4.39 Å². The van der Waals surface area contributed by atoms with Gasteiger partial charge in [-0.05, 0) is 26.4 Å². The van der Waals surface area contributed by atoms with Crippen LogP contribution in [0.4, 0.5) is 4.39 Å². The van der Waals surface area contributed by atoms with Crippen LogP contribution in [0.2, 0.25) is 0 Å². The predicted octanol–water partition coefficient (Wildman–Crippen LogP) is 2.32. The second kappa shape index (κ2) is 5.28. The Morgan fingerprint density at radius 2 is 2.00 bits per heavy atom. The summed E-state index contributed by atoms with van der Waals surface area (Å²) < 4.78 is 13.5. The zero-order valence-electron chi connectivity index (χ0n) is 9.03. The Hall–Kier alpha value is -0.870. The first-order chi connectivity index (χ1) is 7.07. The van der Waals surface area contributed by atoms with Gasteiger partial charge in [0.05, 0.1) is 0 Å². The highest BCUT2D eigenvalue weighted by atomic mass is 32.2. The lowest BCUT2D eigenvalue weighted by molar-refractivity contribution is -0.115. The molecule has 0 radical (unpaired) electrons. The van der Waals surface area contributed by atoms with Crippen LogP contribution in [0.15, 0.2) is 24.3 Å². The summed E-state index contributed by atoms with van der Waals surface area (Å²) in [5.41, 5.74) is 0.432. The first-order valence-corrected chi connectivity index (χ1v) is 5.79. The molecule has 0 amide bonds. The smallest absolute Gasteiger partial charge is 0.210 e. The van der Waals surface area contributed by atoms with E-state index in [0.29, 0.717) is 5.56 Å². The van der Waals surface area contributed by atoms with Crippen LogP contribution in [0.25, 0.3) is 0 Å². The summed E-state index contributed by atoms with van der Waals surface area (Å²) in [5.74, 6) is -0.335. The summed E-state index contributed by atoms with van der Waals surface area (Å²) in [4.78, 5) is 13.4. The zero-order chi connectivity index (χ0) is 11.4. The molecule has 1 aromatic rings. The first-order valence-electron chi connectivity index (χ1n) is 4.56. The van der Waals surface area contributed by atoms with E-state index in [1.165, 1.54) is 6.07 Å². The molecule has 15 heavy (non-hydrogen) atoms. The first kappa shape index (κ1) is 12.2. The summed E-state index contributed by atoms with van der Waals surface area (Å²) in [6.45, 7) is 0. The third-order valence-corrected chi connectivity index (χ3v) is 2.77. The molecule has 2 nitrogen and oxygen atoms in total. The number of thioether (sulfide) groups is 1. The lowest BCUT2D eigenvalue weighted by Crippen LogP contribution is -2.26. The molecule has 0 saturated carbocycles. The minimum atomic E-state index is -0.513. The van der Waals surface area contributed by atoms with Crippen LogP contribution >= 0.6 is 11.8 Å². The lowest BCUT2D eigenvalue weighted by Gasteiger charge is -2.22. The van der Waals surface area contributed by atoms with Crippen molar-refractivity contribution in [3.8, 4) is 0 Å². The molecule has 0 spiro atoms. The molecule has 0 aliphatic heterocycles. The standard InChI is InChI=1S/C11H14FNOS/c1-13(2)10(11(14)15-3)8-6-4-5-7-9(8)12/h4-7,10H,1-3H3. The Morgan fingerprint density at radius 1 is 1.40 bits per heavy atom. The minimum Gasteiger partial charge on any atom is -0.295 e. The number of nitrogens with zero attached hydrogens (tertiary/aromatic N) is 1. The largest absolute Gasteiger partial charge is 0.295 e. The minimum absolute atomic E-state index is 0.0508. The van der Waals surface area contributed by atoms with E-state index in [4.69, 9.17) is 0 Å². The van der Waals surface area contributed by atoms with Crippen molar-refractivity contribution < 1.29 is 9.18 Å². The predicted molar refractivity (Wildman–Crippen MR) is 61.4 cm³/mol. The normalized spacial score (nSPS) is 12.9. The van der Waals surface area contributed by atoms with Crippen molar-refractivity contribution in [3.63, 3.8) is 0 Å². The molecule has 0 bridgehead atoms.